The fraction of sp³-hybridized carbons (Fsp3) is 0.519. The lowest BCUT2D eigenvalue weighted by atomic mass is 10.0. The number of carbonyl (C=O) groups excluding carboxylic acids is 1. The standard InChI is InChI=1S/C27H40N2O2/c30-23-15-10-8-6-4-2-1-3-5-7-9-14-18-27(31)29-26-21-19-25(20-22-26)28-24-16-12-11-13-17-24/h11-13,16-17,19-22,28,30H,1-10,14-15,18,23H2,(H,29,31). The molecule has 0 fully saturated rings. The van der Waals surface area contributed by atoms with Crippen LogP contribution in [-0.4, -0.2) is 17.6 Å². The van der Waals surface area contributed by atoms with E-state index < -0.39 is 0 Å². The third-order valence-corrected chi connectivity index (χ3v) is 5.54. The Labute approximate surface area is 188 Å². The van der Waals surface area contributed by atoms with E-state index in [2.05, 4.69) is 10.6 Å². The van der Waals surface area contributed by atoms with E-state index >= 15 is 0 Å². The number of aliphatic hydroxyl groups excluding tert-OH is 1. The zero-order valence-corrected chi connectivity index (χ0v) is 19.0. The maximum atomic E-state index is 12.1. The van der Waals surface area contributed by atoms with Crippen molar-refractivity contribution in [2.24, 2.45) is 0 Å². The highest BCUT2D eigenvalue weighted by molar-refractivity contribution is 5.90. The average Bonchev–Trinajstić information content (AvgIpc) is 2.79. The van der Waals surface area contributed by atoms with Gasteiger partial charge >= 0.3 is 0 Å². The normalized spacial score (nSPS) is 10.7. The van der Waals surface area contributed by atoms with Crippen LogP contribution >= 0.6 is 0 Å². The lowest BCUT2D eigenvalue weighted by Gasteiger charge is -2.09. The molecule has 170 valence electrons. The van der Waals surface area contributed by atoms with Crippen LogP contribution in [-0.2, 0) is 4.79 Å². The highest BCUT2D eigenvalue weighted by atomic mass is 16.2. The molecule has 0 saturated carbocycles. The molecule has 31 heavy (non-hydrogen) atoms. The third-order valence-electron chi connectivity index (χ3n) is 5.54. The van der Waals surface area contributed by atoms with Crippen molar-refractivity contribution in [1.29, 1.82) is 0 Å². The van der Waals surface area contributed by atoms with Crippen molar-refractivity contribution in [3.8, 4) is 0 Å². The Morgan fingerprint density at radius 3 is 1.58 bits per heavy atom. The summed E-state index contributed by atoms with van der Waals surface area (Å²) in [4.78, 5) is 12.1. The Balaban J connectivity index is 1.45. The monoisotopic (exact) mass is 424 g/mol. The molecular weight excluding hydrogens is 384 g/mol. The molecule has 0 saturated heterocycles. The van der Waals surface area contributed by atoms with Crippen LogP contribution in [0.5, 0.6) is 0 Å². The average molecular weight is 425 g/mol. The minimum atomic E-state index is 0.102. The van der Waals surface area contributed by atoms with Gasteiger partial charge in [0.05, 0.1) is 0 Å². The molecule has 0 aliphatic rings. The van der Waals surface area contributed by atoms with E-state index in [1.807, 2.05) is 54.6 Å². The van der Waals surface area contributed by atoms with Gasteiger partial charge in [-0.15, -0.1) is 0 Å². The summed E-state index contributed by atoms with van der Waals surface area (Å²) < 4.78 is 0. The lowest BCUT2D eigenvalue weighted by Crippen LogP contribution is -2.10. The molecule has 4 heteroatoms. The van der Waals surface area contributed by atoms with Crippen LogP contribution in [0, 0.1) is 0 Å². The number of anilines is 3. The van der Waals surface area contributed by atoms with Gasteiger partial charge in [0.1, 0.15) is 0 Å². The fourth-order valence-electron chi connectivity index (χ4n) is 3.71. The van der Waals surface area contributed by atoms with E-state index in [0.29, 0.717) is 13.0 Å². The van der Waals surface area contributed by atoms with Crippen LogP contribution in [0.1, 0.15) is 83.5 Å². The first-order valence-electron chi connectivity index (χ1n) is 12.1. The van der Waals surface area contributed by atoms with E-state index in [1.54, 1.807) is 0 Å². The molecule has 2 rings (SSSR count). The van der Waals surface area contributed by atoms with Gasteiger partial charge in [-0.1, -0.05) is 82.4 Å². The van der Waals surface area contributed by atoms with Gasteiger partial charge in [0.2, 0.25) is 5.91 Å². The SMILES string of the molecule is O=C(CCCCCCCCCCCCCCO)Nc1ccc(Nc2ccccc2)cc1. The van der Waals surface area contributed by atoms with Crippen molar-refractivity contribution < 1.29 is 9.90 Å². The van der Waals surface area contributed by atoms with Gasteiger partial charge in [0.15, 0.2) is 0 Å². The zero-order chi connectivity index (χ0) is 22.0. The van der Waals surface area contributed by atoms with Gasteiger partial charge < -0.3 is 15.7 Å². The van der Waals surface area contributed by atoms with Crippen molar-refractivity contribution in [1.82, 2.24) is 0 Å². The maximum Gasteiger partial charge on any atom is 0.224 e. The smallest absolute Gasteiger partial charge is 0.224 e. The number of amides is 1. The molecule has 0 spiro atoms. The summed E-state index contributed by atoms with van der Waals surface area (Å²) in [5, 5.41) is 15.1. The summed E-state index contributed by atoms with van der Waals surface area (Å²) in [7, 11) is 0. The van der Waals surface area contributed by atoms with Crippen molar-refractivity contribution in [2.75, 3.05) is 17.2 Å². The Morgan fingerprint density at radius 2 is 1.03 bits per heavy atom. The van der Waals surface area contributed by atoms with Crippen molar-refractivity contribution in [2.45, 2.75) is 83.5 Å². The summed E-state index contributed by atoms with van der Waals surface area (Å²) in [5.41, 5.74) is 2.90. The predicted octanol–water partition coefficient (Wildman–Crippen LogP) is 7.43. The summed E-state index contributed by atoms with van der Waals surface area (Å²) in [5.74, 6) is 0.102. The minimum Gasteiger partial charge on any atom is -0.396 e. The highest BCUT2D eigenvalue weighted by Crippen LogP contribution is 2.19. The quantitative estimate of drug-likeness (QED) is 0.231. The summed E-state index contributed by atoms with van der Waals surface area (Å²) >= 11 is 0. The lowest BCUT2D eigenvalue weighted by molar-refractivity contribution is -0.116. The van der Waals surface area contributed by atoms with E-state index in [0.717, 1.165) is 36.3 Å². The summed E-state index contributed by atoms with van der Waals surface area (Å²) in [6.07, 6.45) is 15.2. The molecule has 0 aromatic heterocycles. The Morgan fingerprint density at radius 1 is 0.581 bits per heavy atom. The second-order valence-electron chi connectivity index (χ2n) is 8.33. The van der Waals surface area contributed by atoms with Gasteiger partial charge in [-0.05, 0) is 49.2 Å². The van der Waals surface area contributed by atoms with Gasteiger partial charge in [-0.2, -0.15) is 0 Å². The molecule has 2 aromatic rings. The number of para-hydroxylation sites is 1. The van der Waals surface area contributed by atoms with Gasteiger partial charge in [-0.25, -0.2) is 0 Å². The third kappa shape index (κ3) is 12.2. The van der Waals surface area contributed by atoms with Crippen LogP contribution < -0.4 is 10.6 Å². The summed E-state index contributed by atoms with van der Waals surface area (Å²) in [6.45, 7) is 0.335. The molecule has 0 unspecified atom stereocenters. The minimum absolute atomic E-state index is 0.102. The first-order valence-corrected chi connectivity index (χ1v) is 12.1. The number of unbranched alkanes of at least 4 members (excludes halogenated alkanes) is 11. The number of rotatable bonds is 17. The van der Waals surface area contributed by atoms with E-state index in [-0.39, 0.29) is 5.91 Å². The molecule has 0 radical (unpaired) electrons. The predicted molar refractivity (Wildman–Crippen MR) is 132 cm³/mol. The number of carbonyl (C=O) groups is 1. The highest BCUT2D eigenvalue weighted by Gasteiger charge is 2.03. The second kappa shape index (κ2) is 16.4. The number of nitrogens with one attached hydrogen (secondary N) is 2. The number of hydrogen-bond donors (Lipinski definition) is 3. The van der Waals surface area contributed by atoms with E-state index in [9.17, 15) is 4.79 Å². The molecule has 0 aliphatic heterocycles. The maximum absolute atomic E-state index is 12.1. The zero-order valence-electron chi connectivity index (χ0n) is 19.0. The fourth-order valence-corrected chi connectivity index (χ4v) is 3.71. The van der Waals surface area contributed by atoms with E-state index in [1.165, 1.54) is 57.8 Å². The molecule has 4 nitrogen and oxygen atoms in total. The van der Waals surface area contributed by atoms with Crippen LogP contribution in [0.15, 0.2) is 54.6 Å². The largest absolute Gasteiger partial charge is 0.396 e. The molecule has 0 atom stereocenters. The van der Waals surface area contributed by atoms with Crippen molar-refractivity contribution in [3.05, 3.63) is 54.6 Å². The first kappa shape index (κ1) is 24.9. The van der Waals surface area contributed by atoms with E-state index in [4.69, 9.17) is 5.11 Å². The Bertz CT molecular complexity index is 701. The number of aliphatic hydroxyl groups is 1. The second-order valence-corrected chi connectivity index (χ2v) is 8.33. The molecule has 2 aromatic carbocycles. The number of hydrogen-bond acceptors (Lipinski definition) is 3. The number of benzene rings is 2. The van der Waals surface area contributed by atoms with Gasteiger partial charge in [0.25, 0.3) is 0 Å². The van der Waals surface area contributed by atoms with Crippen LogP contribution in [0.2, 0.25) is 0 Å². The Kier molecular flexibility index (Phi) is 13.2. The van der Waals surface area contributed by atoms with Gasteiger partial charge in [-0.3, -0.25) is 4.79 Å². The molecule has 3 N–H and O–H groups in total. The van der Waals surface area contributed by atoms with Crippen LogP contribution in [0.25, 0.3) is 0 Å². The molecular formula is C27H40N2O2. The van der Waals surface area contributed by atoms with Crippen LogP contribution in [0.4, 0.5) is 17.1 Å². The molecule has 0 aliphatic carbocycles. The molecule has 1 amide bonds. The van der Waals surface area contributed by atoms with Crippen LogP contribution in [0.3, 0.4) is 0 Å². The molecule has 0 bridgehead atoms. The first-order chi connectivity index (χ1) is 15.3. The Hall–Kier alpha value is -2.33. The van der Waals surface area contributed by atoms with Crippen molar-refractivity contribution >= 4 is 23.0 Å². The molecule has 0 heterocycles. The topological polar surface area (TPSA) is 61.4 Å². The van der Waals surface area contributed by atoms with Gasteiger partial charge in [0, 0.05) is 30.1 Å². The summed E-state index contributed by atoms with van der Waals surface area (Å²) in [6, 6.07) is 17.9. The van der Waals surface area contributed by atoms with Crippen molar-refractivity contribution in [3.63, 3.8) is 0 Å².